The Hall–Kier alpha value is -1.26. The second-order valence-electron chi connectivity index (χ2n) is 4.64. The number of benzene rings is 1. The second kappa shape index (κ2) is 6.78. The van der Waals surface area contributed by atoms with Crippen LogP contribution in [0.4, 0.5) is 5.69 Å². The minimum Gasteiger partial charge on any atom is -0.387 e. The SMILES string of the molecule is CNc1ccc(Cl)cc1C(=O)NCC1CCCCO1. The molecule has 1 fully saturated rings. The molecule has 4 nitrogen and oxygen atoms in total. The van der Waals surface area contributed by atoms with Crippen molar-refractivity contribution in [2.45, 2.75) is 25.4 Å². The molecule has 2 N–H and O–H groups in total. The highest BCUT2D eigenvalue weighted by atomic mass is 35.5. The number of hydrogen-bond acceptors (Lipinski definition) is 3. The molecule has 104 valence electrons. The Morgan fingerprint density at radius 3 is 3.00 bits per heavy atom. The van der Waals surface area contributed by atoms with E-state index < -0.39 is 0 Å². The summed E-state index contributed by atoms with van der Waals surface area (Å²) in [6.07, 6.45) is 3.42. The summed E-state index contributed by atoms with van der Waals surface area (Å²) < 4.78 is 5.59. The van der Waals surface area contributed by atoms with E-state index >= 15 is 0 Å². The van der Waals surface area contributed by atoms with Gasteiger partial charge in [-0.05, 0) is 37.5 Å². The standard InChI is InChI=1S/C14H19ClN2O2/c1-16-13-6-5-10(15)8-12(13)14(18)17-9-11-4-2-3-7-19-11/h5-6,8,11,16H,2-4,7,9H2,1H3,(H,17,18). The van der Waals surface area contributed by atoms with E-state index in [1.54, 1.807) is 25.2 Å². The van der Waals surface area contributed by atoms with Crippen molar-refractivity contribution in [3.05, 3.63) is 28.8 Å². The molecule has 1 aliphatic rings. The predicted molar refractivity (Wildman–Crippen MR) is 76.9 cm³/mol. The number of halogens is 1. The molecule has 1 aromatic carbocycles. The van der Waals surface area contributed by atoms with Gasteiger partial charge < -0.3 is 15.4 Å². The topological polar surface area (TPSA) is 50.4 Å². The van der Waals surface area contributed by atoms with Crippen molar-refractivity contribution in [2.24, 2.45) is 0 Å². The van der Waals surface area contributed by atoms with Crippen LogP contribution >= 0.6 is 11.6 Å². The molecule has 0 bridgehead atoms. The zero-order chi connectivity index (χ0) is 13.7. The Labute approximate surface area is 118 Å². The first-order valence-corrected chi connectivity index (χ1v) is 6.95. The molecule has 1 aliphatic heterocycles. The number of carbonyl (C=O) groups is 1. The van der Waals surface area contributed by atoms with Gasteiger partial charge in [0.25, 0.3) is 5.91 Å². The summed E-state index contributed by atoms with van der Waals surface area (Å²) in [6, 6.07) is 5.23. The highest BCUT2D eigenvalue weighted by Crippen LogP contribution is 2.20. The molecule has 0 saturated carbocycles. The molecule has 1 unspecified atom stereocenters. The third-order valence-corrected chi connectivity index (χ3v) is 3.49. The molecule has 2 rings (SSSR count). The van der Waals surface area contributed by atoms with E-state index in [0.29, 0.717) is 17.1 Å². The van der Waals surface area contributed by atoms with Crippen molar-refractivity contribution in [3.8, 4) is 0 Å². The van der Waals surface area contributed by atoms with Gasteiger partial charge in [0.05, 0.1) is 11.7 Å². The van der Waals surface area contributed by atoms with Gasteiger partial charge in [0.1, 0.15) is 0 Å². The zero-order valence-electron chi connectivity index (χ0n) is 11.0. The van der Waals surface area contributed by atoms with Crippen LogP contribution in [0.15, 0.2) is 18.2 Å². The largest absolute Gasteiger partial charge is 0.387 e. The lowest BCUT2D eigenvalue weighted by Gasteiger charge is -2.23. The van der Waals surface area contributed by atoms with E-state index in [0.717, 1.165) is 25.1 Å². The first kappa shape index (κ1) is 14.2. The van der Waals surface area contributed by atoms with Crippen LogP contribution in [0.3, 0.4) is 0 Å². The number of ether oxygens (including phenoxy) is 1. The van der Waals surface area contributed by atoms with Gasteiger partial charge in [-0.1, -0.05) is 11.6 Å². The molecule has 5 heteroatoms. The lowest BCUT2D eigenvalue weighted by Crippen LogP contribution is -2.35. The Kier molecular flexibility index (Phi) is 5.05. The van der Waals surface area contributed by atoms with Crippen LogP contribution in [0.5, 0.6) is 0 Å². The molecular formula is C14H19ClN2O2. The molecule has 19 heavy (non-hydrogen) atoms. The minimum atomic E-state index is -0.124. The second-order valence-corrected chi connectivity index (χ2v) is 5.07. The number of amides is 1. The highest BCUT2D eigenvalue weighted by molar-refractivity contribution is 6.31. The van der Waals surface area contributed by atoms with Crippen molar-refractivity contribution in [1.82, 2.24) is 5.32 Å². The molecule has 1 saturated heterocycles. The van der Waals surface area contributed by atoms with Crippen LogP contribution in [-0.2, 0) is 4.74 Å². The molecular weight excluding hydrogens is 264 g/mol. The Morgan fingerprint density at radius 2 is 2.32 bits per heavy atom. The molecule has 1 heterocycles. The maximum absolute atomic E-state index is 12.2. The van der Waals surface area contributed by atoms with E-state index in [9.17, 15) is 4.79 Å². The first-order chi connectivity index (χ1) is 9.20. The van der Waals surface area contributed by atoms with Crippen molar-refractivity contribution in [2.75, 3.05) is 25.5 Å². The molecule has 1 atom stereocenters. The Balaban J connectivity index is 1.97. The van der Waals surface area contributed by atoms with Crippen LogP contribution in [-0.4, -0.2) is 32.2 Å². The summed E-state index contributed by atoms with van der Waals surface area (Å²) in [5, 5.41) is 6.45. The van der Waals surface area contributed by atoms with Gasteiger partial charge in [-0.2, -0.15) is 0 Å². The lowest BCUT2D eigenvalue weighted by molar-refractivity contribution is 0.0169. The van der Waals surface area contributed by atoms with Gasteiger partial charge in [-0.3, -0.25) is 4.79 Å². The van der Waals surface area contributed by atoms with E-state index in [1.165, 1.54) is 6.42 Å². The van der Waals surface area contributed by atoms with E-state index in [1.807, 2.05) is 0 Å². The third kappa shape index (κ3) is 3.85. The smallest absolute Gasteiger partial charge is 0.253 e. The predicted octanol–water partition coefficient (Wildman–Crippen LogP) is 2.68. The van der Waals surface area contributed by atoms with Crippen LogP contribution in [0.1, 0.15) is 29.6 Å². The number of nitrogens with one attached hydrogen (secondary N) is 2. The monoisotopic (exact) mass is 282 g/mol. The van der Waals surface area contributed by atoms with Gasteiger partial charge in [0, 0.05) is 30.9 Å². The number of carbonyl (C=O) groups excluding carboxylic acids is 1. The maximum Gasteiger partial charge on any atom is 0.253 e. The quantitative estimate of drug-likeness (QED) is 0.893. The Bertz CT molecular complexity index is 445. The minimum absolute atomic E-state index is 0.124. The molecule has 1 amide bonds. The summed E-state index contributed by atoms with van der Waals surface area (Å²) in [4.78, 5) is 12.2. The molecule has 0 spiro atoms. The third-order valence-electron chi connectivity index (χ3n) is 3.26. The summed E-state index contributed by atoms with van der Waals surface area (Å²) in [6.45, 7) is 1.34. The maximum atomic E-state index is 12.2. The average molecular weight is 283 g/mol. The molecule has 0 aliphatic carbocycles. The number of rotatable bonds is 4. The van der Waals surface area contributed by atoms with Crippen LogP contribution < -0.4 is 10.6 Å². The molecule has 0 aromatic heterocycles. The van der Waals surface area contributed by atoms with Gasteiger partial charge >= 0.3 is 0 Å². The van der Waals surface area contributed by atoms with Crippen LogP contribution in [0.25, 0.3) is 0 Å². The fraction of sp³-hybridized carbons (Fsp3) is 0.500. The van der Waals surface area contributed by atoms with Crippen molar-refractivity contribution in [3.63, 3.8) is 0 Å². The average Bonchev–Trinajstić information content (AvgIpc) is 2.46. The van der Waals surface area contributed by atoms with Gasteiger partial charge in [0.2, 0.25) is 0 Å². The fourth-order valence-corrected chi connectivity index (χ4v) is 2.36. The molecule has 1 aromatic rings. The van der Waals surface area contributed by atoms with Gasteiger partial charge in [-0.15, -0.1) is 0 Å². The normalized spacial score (nSPS) is 18.9. The number of hydrogen-bond donors (Lipinski definition) is 2. The zero-order valence-corrected chi connectivity index (χ0v) is 11.8. The first-order valence-electron chi connectivity index (χ1n) is 6.58. The highest BCUT2D eigenvalue weighted by Gasteiger charge is 2.16. The van der Waals surface area contributed by atoms with E-state index in [4.69, 9.17) is 16.3 Å². The molecule has 0 radical (unpaired) electrons. The lowest BCUT2D eigenvalue weighted by atomic mass is 10.1. The number of anilines is 1. The summed E-state index contributed by atoms with van der Waals surface area (Å²) in [5.74, 6) is -0.124. The van der Waals surface area contributed by atoms with Crippen LogP contribution in [0.2, 0.25) is 5.02 Å². The van der Waals surface area contributed by atoms with Crippen molar-refractivity contribution in [1.29, 1.82) is 0 Å². The van der Waals surface area contributed by atoms with Crippen LogP contribution in [0, 0.1) is 0 Å². The fourth-order valence-electron chi connectivity index (χ4n) is 2.19. The summed E-state index contributed by atoms with van der Waals surface area (Å²) in [5.41, 5.74) is 1.33. The summed E-state index contributed by atoms with van der Waals surface area (Å²) in [7, 11) is 1.78. The van der Waals surface area contributed by atoms with Crippen molar-refractivity contribution >= 4 is 23.2 Å². The van der Waals surface area contributed by atoms with E-state index in [-0.39, 0.29) is 12.0 Å². The van der Waals surface area contributed by atoms with Gasteiger partial charge in [0.15, 0.2) is 0 Å². The van der Waals surface area contributed by atoms with Crippen molar-refractivity contribution < 1.29 is 9.53 Å². The van der Waals surface area contributed by atoms with E-state index in [2.05, 4.69) is 10.6 Å². The Morgan fingerprint density at radius 1 is 1.47 bits per heavy atom. The van der Waals surface area contributed by atoms with Gasteiger partial charge in [-0.25, -0.2) is 0 Å². The summed E-state index contributed by atoms with van der Waals surface area (Å²) >= 11 is 5.93.